The van der Waals surface area contributed by atoms with Gasteiger partial charge in [0.05, 0.1) is 28.1 Å². The van der Waals surface area contributed by atoms with Crippen LogP contribution >= 0.6 is 11.8 Å². The van der Waals surface area contributed by atoms with Crippen LogP contribution in [-0.2, 0) is 18.9 Å². The van der Waals surface area contributed by atoms with Crippen LogP contribution in [0.5, 0.6) is 0 Å². The highest BCUT2D eigenvalue weighted by atomic mass is 32.2. The lowest BCUT2D eigenvalue weighted by atomic mass is 10.0. The van der Waals surface area contributed by atoms with E-state index in [0.717, 1.165) is 54.2 Å². The summed E-state index contributed by atoms with van der Waals surface area (Å²) in [5.41, 5.74) is -1.75. The molecule has 1 saturated heterocycles. The third-order valence-corrected chi connectivity index (χ3v) is 7.51. The van der Waals surface area contributed by atoms with E-state index >= 15 is 0 Å². The number of nitrogens with zero attached hydrogens (tertiary/aromatic N) is 4. The van der Waals surface area contributed by atoms with Crippen molar-refractivity contribution in [1.29, 1.82) is 0 Å². The number of thioether (sulfide) groups is 1. The quantitative estimate of drug-likeness (QED) is 0.290. The van der Waals surface area contributed by atoms with Gasteiger partial charge in [-0.3, -0.25) is 9.48 Å². The maximum absolute atomic E-state index is 13.5. The van der Waals surface area contributed by atoms with Gasteiger partial charge in [0.2, 0.25) is 0 Å². The maximum atomic E-state index is 13.5. The number of carbonyl (C=O) groups excluding carboxylic acids is 1. The summed E-state index contributed by atoms with van der Waals surface area (Å²) in [5.74, 6) is 1.22. The molecule has 3 aromatic rings. The summed E-state index contributed by atoms with van der Waals surface area (Å²) in [4.78, 5) is 19.1. The van der Waals surface area contributed by atoms with E-state index in [1.165, 1.54) is 4.68 Å². The number of hydrogen-bond acceptors (Lipinski definition) is 4. The Labute approximate surface area is 231 Å². The van der Waals surface area contributed by atoms with E-state index in [1.807, 2.05) is 19.9 Å². The minimum absolute atomic E-state index is 0.131. The Morgan fingerprint density at radius 2 is 1.80 bits per heavy atom. The second-order valence-corrected chi connectivity index (χ2v) is 10.3. The number of halogens is 6. The van der Waals surface area contributed by atoms with Crippen molar-refractivity contribution in [1.82, 2.24) is 14.7 Å². The lowest BCUT2D eigenvalue weighted by Gasteiger charge is -2.18. The van der Waals surface area contributed by atoms with Crippen molar-refractivity contribution in [2.45, 2.75) is 52.5 Å². The van der Waals surface area contributed by atoms with Gasteiger partial charge in [0.1, 0.15) is 5.84 Å². The molecule has 3 heterocycles. The van der Waals surface area contributed by atoms with Crippen molar-refractivity contribution < 1.29 is 31.1 Å². The first-order chi connectivity index (χ1) is 18.9. The van der Waals surface area contributed by atoms with Crippen LogP contribution in [0.4, 0.5) is 31.1 Å². The molecule has 0 bridgehead atoms. The fourth-order valence-corrected chi connectivity index (χ4v) is 5.51. The zero-order chi connectivity index (χ0) is 29.2. The number of fused-ring (bicyclic) bond motifs is 1. The van der Waals surface area contributed by atoms with Crippen LogP contribution in [0.3, 0.4) is 0 Å². The molecule has 2 aliphatic rings. The molecule has 40 heavy (non-hydrogen) atoms. The molecule has 214 valence electrons. The molecule has 12 heteroatoms. The first-order valence-corrected chi connectivity index (χ1v) is 13.7. The number of likely N-dealkylation sites (tertiary alicyclic amines) is 1. The van der Waals surface area contributed by atoms with E-state index in [0.29, 0.717) is 28.7 Å². The number of benzene rings is 2. The molecule has 2 aliphatic heterocycles. The lowest BCUT2D eigenvalue weighted by Crippen LogP contribution is -2.28. The van der Waals surface area contributed by atoms with Gasteiger partial charge >= 0.3 is 17.6 Å². The Bertz CT molecular complexity index is 1460. The zero-order valence-electron chi connectivity index (χ0n) is 22.1. The Balaban J connectivity index is 0.00000181. The molecule has 5 nitrogen and oxygen atoms in total. The summed E-state index contributed by atoms with van der Waals surface area (Å²) in [6, 6.07) is 6.89. The number of aliphatic imine (C=N–C) groups is 1. The molecule has 1 aromatic heterocycles. The molecule has 1 amide bonds. The molecule has 0 aliphatic carbocycles. The maximum Gasteiger partial charge on any atom is 0.416 e. The van der Waals surface area contributed by atoms with Crippen molar-refractivity contribution in [3.8, 4) is 0 Å². The molecule has 1 fully saturated rings. The van der Waals surface area contributed by atoms with Gasteiger partial charge in [-0.25, -0.2) is 0 Å². The van der Waals surface area contributed by atoms with Gasteiger partial charge in [-0.05, 0) is 65.6 Å². The lowest BCUT2D eigenvalue weighted by molar-refractivity contribution is -0.143. The fourth-order valence-electron chi connectivity index (χ4n) is 4.73. The Morgan fingerprint density at radius 1 is 1.05 bits per heavy atom. The van der Waals surface area contributed by atoms with Crippen molar-refractivity contribution >= 4 is 39.8 Å². The van der Waals surface area contributed by atoms with E-state index in [2.05, 4.69) is 21.9 Å². The van der Waals surface area contributed by atoms with Crippen LogP contribution in [0.25, 0.3) is 17.0 Å². The van der Waals surface area contributed by atoms with Crippen LogP contribution in [0.15, 0.2) is 52.5 Å². The number of carbonyl (C=O) groups is 1. The first kappa shape index (κ1) is 29.7. The standard InChI is InChI=1S/C26H22F6N4OS.C2H6/c1-2-15-7-8-35(12-15)23-22(38-24(37)33-23)10-16-3-6-21-18(9-16)14-36(34-21)13-17-4-5-19(25(27,28)29)11-20(17)26(30,31)32;1-2/h3-6,9-11,14-15H,2,7-8,12-13H2,1H3;1-2H3/b22-10-;. The molecular weight excluding hydrogens is 554 g/mol. The fraction of sp³-hybridized carbons (Fsp3) is 0.393. The normalized spacial score (nSPS) is 18.9. The molecule has 1 atom stereocenters. The second kappa shape index (κ2) is 11.7. The Hall–Kier alpha value is -3.28. The topological polar surface area (TPSA) is 50.5 Å². The van der Waals surface area contributed by atoms with Crippen molar-refractivity contribution in [3.63, 3.8) is 0 Å². The molecule has 1 unspecified atom stereocenters. The van der Waals surface area contributed by atoms with Gasteiger partial charge in [-0.1, -0.05) is 39.3 Å². The number of aromatic nitrogens is 2. The van der Waals surface area contributed by atoms with Gasteiger partial charge in [-0.15, -0.1) is 0 Å². The predicted octanol–water partition coefficient (Wildman–Crippen LogP) is 8.49. The molecule has 5 rings (SSSR count). The van der Waals surface area contributed by atoms with Crippen LogP contribution in [0, 0.1) is 5.92 Å². The number of rotatable bonds is 4. The summed E-state index contributed by atoms with van der Waals surface area (Å²) in [6.45, 7) is 7.46. The molecule has 0 saturated carbocycles. The SMILES string of the molecule is CC.CCC1CCN(C2=NC(=O)S/C2=C\c2ccc3nn(Cc4ccc(C(F)(F)F)cc4C(F)(F)F)cc3c2)C1. The molecule has 2 aromatic carbocycles. The summed E-state index contributed by atoms with van der Waals surface area (Å²) in [7, 11) is 0. The molecule has 0 N–H and O–H groups in total. The second-order valence-electron chi connectivity index (χ2n) is 9.33. The monoisotopic (exact) mass is 582 g/mol. The third kappa shape index (κ3) is 6.54. The largest absolute Gasteiger partial charge is 0.416 e. The molecule has 0 spiro atoms. The minimum Gasteiger partial charge on any atom is -0.355 e. The number of hydrogen-bond donors (Lipinski definition) is 0. The molecular formula is C28H28F6N4OS. The van der Waals surface area contributed by atoms with Crippen LogP contribution in [0.1, 0.15) is 55.9 Å². The minimum atomic E-state index is -4.95. The Morgan fingerprint density at radius 3 is 2.45 bits per heavy atom. The van der Waals surface area contributed by atoms with E-state index in [9.17, 15) is 31.1 Å². The number of amides is 1. The summed E-state index contributed by atoms with van der Waals surface area (Å²) >= 11 is 1.05. The average Bonchev–Trinajstić information content (AvgIpc) is 3.62. The van der Waals surface area contributed by atoms with Crippen LogP contribution in [-0.4, -0.2) is 38.8 Å². The van der Waals surface area contributed by atoms with E-state index in [-0.39, 0.29) is 23.4 Å². The third-order valence-electron chi connectivity index (χ3n) is 6.73. The summed E-state index contributed by atoms with van der Waals surface area (Å²) in [6.07, 6.45) is -4.34. The smallest absolute Gasteiger partial charge is 0.355 e. The number of amidine groups is 1. The van der Waals surface area contributed by atoms with Gasteiger partial charge in [0.25, 0.3) is 0 Å². The Kier molecular flexibility index (Phi) is 8.67. The van der Waals surface area contributed by atoms with Crippen molar-refractivity contribution in [2.24, 2.45) is 10.9 Å². The van der Waals surface area contributed by atoms with E-state index in [4.69, 9.17) is 0 Å². The first-order valence-electron chi connectivity index (χ1n) is 12.9. The highest BCUT2D eigenvalue weighted by Crippen LogP contribution is 2.38. The van der Waals surface area contributed by atoms with Crippen LogP contribution < -0.4 is 0 Å². The van der Waals surface area contributed by atoms with E-state index in [1.54, 1.807) is 24.4 Å². The summed E-state index contributed by atoms with van der Waals surface area (Å²) < 4.78 is 80.8. The average molecular weight is 583 g/mol. The highest BCUT2D eigenvalue weighted by Gasteiger charge is 2.38. The van der Waals surface area contributed by atoms with E-state index < -0.39 is 23.5 Å². The summed E-state index contributed by atoms with van der Waals surface area (Å²) in [5, 5.41) is 4.66. The number of alkyl halides is 6. The molecule has 0 radical (unpaired) electrons. The highest BCUT2D eigenvalue weighted by molar-refractivity contribution is 8.18. The predicted molar refractivity (Wildman–Crippen MR) is 145 cm³/mol. The van der Waals surface area contributed by atoms with Crippen molar-refractivity contribution in [3.05, 3.63) is 69.8 Å². The van der Waals surface area contributed by atoms with Gasteiger partial charge in [0, 0.05) is 24.7 Å². The van der Waals surface area contributed by atoms with Gasteiger partial charge in [0.15, 0.2) is 0 Å². The zero-order valence-corrected chi connectivity index (χ0v) is 22.9. The van der Waals surface area contributed by atoms with Gasteiger partial charge < -0.3 is 4.90 Å². The van der Waals surface area contributed by atoms with Crippen molar-refractivity contribution in [2.75, 3.05) is 13.1 Å². The van der Waals surface area contributed by atoms with Gasteiger partial charge in [-0.2, -0.15) is 36.4 Å². The van der Waals surface area contributed by atoms with Crippen LogP contribution in [0.2, 0.25) is 0 Å².